The van der Waals surface area contributed by atoms with Crippen LogP contribution in [0.1, 0.15) is 30.8 Å². The number of nitrogens with two attached hydrogens (primary N) is 1. The Kier molecular flexibility index (Phi) is 3.94. The van der Waals surface area contributed by atoms with Crippen molar-refractivity contribution >= 4 is 5.52 Å². The topological polar surface area (TPSA) is 86.1 Å². The minimum absolute atomic E-state index is 0.0512. The van der Waals surface area contributed by atoms with Crippen molar-refractivity contribution in [1.82, 2.24) is 29.6 Å². The van der Waals surface area contributed by atoms with E-state index in [4.69, 9.17) is 5.84 Å². The van der Waals surface area contributed by atoms with Crippen LogP contribution in [-0.2, 0) is 13.0 Å². The molecule has 0 radical (unpaired) electrons. The van der Waals surface area contributed by atoms with Gasteiger partial charge in [0.1, 0.15) is 5.82 Å². The highest BCUT2D eigenvalue weighted by atomic mass is 15.3. The third-order valence-electron chi connectivity index (χ3n) is 3.58. The molecular formula is C14H19N7. The minimum atomic E-state index is -0.0512. The molecular weight excluding hydrogens is 266 g/mol. The van der Waals surface area contributed by atoms with Crippen LogP contribution in [0.3, 0.4) is 0 Å². The van der Waals surface area contributed by atoms with E-state index in [-0.39, 0.29) is 6.04 Å². The Labute approximate surface area is 122 Å². The Bertz CT molecular complexity index is 715. The smallest absolute Gasteiger partial charge is 0.110 e. The van der Waals surface area contributed by atoms with Gasteiger partial charge in [-0.15, -0.1) is 0 Å². The van der Waals surface area contributed by atoms with Gasteiger partial charge in [0, 0.05) is 43.3 Å². The summed E-state index contributed by atoms with van der Waals surface area (Å²) in [5, 5.41) is 4.33. The molecule has 0 aliphatic heterocycles. The molecule has 0 saturated heterocycles. The number of hydrogen-bond donors (Lipinski definition) is 2. The zero-order valence-corrected chi connectivity index (χ0v) is 12.0. The van der Waals surface area contributed by atoms with Gasteiger partial charge in [-0.05, 0) is 6.42 Å². The summed E-state index contributed by atoms with van der Waals surface area (Å²) in [4.78, 5) is 8.59. The molecule has 3 aromatic heterocycles. The molecule has 3 aromatic rings. The highest BCUT2D eigenvalue weighted by Gasteiger charge is 2.18. The van der Waals surface area contributed by atoms with Crippen molar-refractivity contribution in [2.45, 2.75) is 32.4 Å². The Morgan fingerprint density at radius 2 is 2.19 bits per heavy atom. The third kappa shape index (κ3) is 2.65. The summed E-state index contributed by atoms with van der Waals surface area (Å²) in [5.41, 5.74) is 4.85. The molecule has 7 heteroatoms. The van der Waals surface area contributed by atoms with Gasteiger partial charge < -0.3 is 4.57 Å². The van der Waals surface area contributed by atoms with Crippen molar-refractivity contribution < 1.29 is 0 Å². The average molecular weight is 285 g/mol. The Hall–Kier alpha value is -2.25. The summed E-state index contributed by atoms with van der Waals surface area (Å²) in [6, 6.07) is -0.0512. The van der Waals surface area contributed by atoms with Gasteiger partial charge in [0.05, 0.1) is 24.0 Å². The van der Waals surface area contributed by atoms with Crippen molar-refractivity contribution in [2.24, 2.45) is 5.84 Å². The van der Waals surface area contributed by atoms with Gasteiger partial charge in [-0.25, -0.2) is 9.50 Å². The van der Waals surface area contributed by atoms with E-state index >= 15 is 0 Å². The largest absolute Gasteiger partial charge is 0.335 e. The molecule has 7 nitrogen and oxygen atoms in total. The first-order chi connectivity index (χ1) is 10.3. The predicted molar refractivity (Wildman–Crippen MR) is 79.3 cm³/mol. The maximum Gasteiger partial charge on any atom is 0.110 e. The number of aryl methyl sites for hydroxylation is 1. The Balaban J connectivity index is 1.90. The van der Waals surface area contributed by atoms with Crippen LogP contribution >= 0.6 is 0 Å². The zero-order chi connectivity index (χ0) is 14.7. The summed E-state index contributed by atoms with van der Waals surface area (Å²) in [5.74, 6) is 6.77. The molecule has 0 amide bonds. The van der Waals surface area contributed by atoms with Crippen molar-refractivity contribution in [3.8, 4) is 0 Å². The number of imidazole rings is 1. The van der Waals surface area contributed by atoms with E-state index in [2.05, 4.69) is 32.0 Å². The highest BCUT2D eigenvalue weighted by molar-refractivity contribution is 5.53. The fraction of sp³-hybridized carbons (Fsp3) is 0.357. The van der Waals surface area contributed by atoms with Crippen molar-refractivity contribution in [3.05, 3.63) is 48.6 Å². The second-order valence-corrected chi connectivity index (χ2v) is 4.97. The summed E-state index contributed by atoms with van der Waals surface area (Å²) in [7, 11) is 0. The van der Waals surface area contributed by atoms with Crippen LogP contribution in [0.25, 0.3) is 5.52 Å². The van der Waals surface area contributed by atoms with E-state index in [1.165, 1.54) is 0 Å². The molecule has 0 saturated carbocycles. The summed E-state index contributed by atoms with van der Waals surface area (Å²) in [6.45, 7) is 3.11. The van der Waals surface area contributed by atoms with Crippen LogP contribution in [0.15, 0.2) is 37.2 Å². The van der Waals surface area contributed by atoms with E-state index in [0.29, 0.717) is 6.42 Å². The lowest BCUT2D eigenvalue weighted by Gasteiger charge is -2.15. The van der Waals surface area contributed by atoms with Crippen LogP contribution in [-0.4, -0.2) is 24.1 Å². The fourth-order valence-electron chi connectivity index (χ4n) is 2.54. The quantitative estimate of drug-likeness (QED) is 0.523. The lowest BCUT2D eigenvalue weighted by atomic mass is 10.1. The second-order valence-electron chi connectivity index (χ2n) is 4.97. The first-order valence-corrected chi connectivity index (χ1v) is 7.07. The van der Waals surface area contributed by atoms with Gasteiger partial charge in [0.25, 0.3) is 0 Å². The molecule has 1 atom stereocenters. The number of nitrogens with zero attached hydrogens (tertiary/aromatic N) is 5. The maximum atomic E-state index is 5.75. The lowest BCUT2D eigenvalue weighted by Crippen LogP contribution is -2.30. The molecule has 0 spiro atoms. The molecule has 0 aromatic carbocycles. The Morgan fingerprint density at radius 1 is 1.29 bits per heavy atom. The molecule has 3 N–H and O–H groups in total. The van der Waals surface area contributed by atoms with Crippen LogP contribution in [0.4, 0.5) is 0 Å². The van der Waals surface area contributed by atoms with Gasteiger partial charge in [0.2, 0.25) is 0 Å². The third-order valence-corrected chi connectivity index (χ3v) is 3.58. The van der Waals surface area contributed by atoms with Gasteiger partial charge in [-0.3, -0.25) is 16.3 Å². The number of nitrogens with one attached hydrogen (secondary N) is 1. The number of fused-ring (bicyclic) bond motifs is 1. The summed E-state index contributed by atoms with van der Waals surface area (Å²) in [6.07, 6.45) is 12.8. The standard InChI is InChI=1S/C14H19N7/c1-2-5-20-6-4-17-14(20)8-12(19-15)11-9-18-21-7-3-16-10-13(11)21/h3-4,6-7,9-10,12,19H,2,5,8,15H2,1H3. The fourth-order valence-corrected chi connectivity index (χ4v) is 2.54. The average Bonchev–Trinajstić information content (AvgIpc) is 3.12. The van der Waals surface area contributed by atoms with Gasteiger partial charge in [-0.2, -0.15) is 5.10 Å². The number of aromatic nitrogens is 5. The highest BCUT2D eigenvalue weighted by Crippen LogP contribution is 2.21. The van der Waals surface area contributed by atoms with E-state index < -0.39 is 0 Å². The van der Waals surface area contributed by atoms with Gasteiger partial charge in [-0.1, -0.05) is 6.92 Å². The maximum absolute atomic E-state index is 5.75. The lowest BCUT2D eigenvalue weighted by molar-refractivity contribution is 0.519. The van der Waals surface area contributed by atoms with Crippen LogP contribution in [0.2, 0.25) is 0 Å². The second kappa shape index (κ2) is 6.02. The number of hydrogen-bond acceptors (Lipinski definition) is 5. The van der Waals surface area contributed by atoms with E-state index in [1.807, 2.05) is 24.8 Å². The minimum Gasteiger partial charge on any atom is -0.335 e. The molecule has 3 heterocycles. The summed E-state index contributed by atoms with van der Waals surface area (Å²) < 4.78 is 3.96. The molecule has 21 heavy (non-hydrogen) atoms. The Morgan fingerprint density at radius 3 is 3.00 bits per heavy atom. The van der Waals surface area contributed by atoms with Crippen LogP contribution < -0.4 is 11.3 Å². The van der Waals surface area contributed by atoms with Crippen LogP contribution in [0.5, 0.6) is 0 Å². The number of hydrazine groups is 1. The summed E-state index contributed by atoms with van der Waals surface area (Å²) >= 11 is 0. The molecule has 0 fully saturated rings. The van der Waals surface area contributed by atoms with E-state index in [9.17, 15) is 0 Å². The van der Waals surface area contributed by atoms with E-state index in [0.717, 1.165) is 29.9 Å². The molecule has 0 aliphatic rings. The molecule has 1 unspecified atom stereocenters. The molecule has 0 aliphatic carbocycles. The van der Waals surface area contributed by atoms with Crippen LogP contribution in [0, 0.1) is 0 Å². The SMILES string of the molecule is CCCn1ccnc1CC(NN)c1cnn2ccncc12. The van der Waals surface area contributed by atoms with Gasteiger partial charge in [0.15, 0.2) is 0 Å². The monoisotopic (exact) mass is 285 g/mol. The first-order valence-electron chi connectivity index (χ1n) is 7.07. The molecule has 3 rings (SSSR count). The predicted octanol–water partition coefficient (Wildman–Crippen LogP) is 1.08. The molecule has 0 bridgehead atoms. The van der Waals surface area contributed by atoms with Crippen molar-refractivity contribution in [1.29, 1.82) is 0 Å². The van der Waals surface area contributed by atoms with Crippen molar-refractivity contribution in [3.63, 3.8) is 0 Å². The normalized spacial score (nSPS) is 12.9. The zero-order valence-electron chi connectivity index (χ0n) is 12.0. The van der Waals surface area contributed by atoms with E-state index in [1.54, 1.807) is 16.9 Å². The van der Waals surface area contributed by atoms with Gasteiger partial charge >= 0.3 is 0 Å². The molecule has 110 valence electrons. The number of rotatable bonds is 6. The van der Waals surface area contributed by atoms with Crippen molar-refractivity contribution in [2.75, 3.05) is 0 Å². The first kappa shape index (κ1) is 13.7.